The second kappa shape index (κ2) is 5.12. The van der Waals surface area contributed by atoms with Crippen LogP contribution in [0.5, 0.6) is 0 Å². The van der Waals surface area contributed by atoms with Crippen LogP contribution in [-0.2, 0) is 11.2 Å². The van der Waals surface area contributed by atoms with Crippen molar-refractivity contribution in [3.8, 4) is 0 Å². The van der Waals surface area contributed by atoms with Crippen LogP contribution >= 0.6 is 0 Å². The molecule has 0 aliphatic heterocycles. The molecule has 2 rings (SSSR count). The van der Waals surface area contributed by atoms with E-state index in [9.17, 15) is 4.79 Å². The topological polar surface area (TPSA) is 29.1 Å². The van der Waals surface area contributed by atoms with Gasteiger partial charge in [-0.15, -0.1) is 0 Å². The van der Waals surface area contributed by atoms with Crippen LogP contribution in [0.1, 0.15) is 5.56 Å². The van der Waals surface area contributed by atoms with E-state index in [1.165, 1.54) is 0 Å². The molecule has 79 valence electrons. The molecule has 0 saturated carbocycles. The summed E-state index contributed by atoms with van der Waals surface area (Å²) in [6, 6.07) is 19.8. The fourth-order valence-corrected chi connectivity index (χ4v) is 1.45. The van der Waals surface area contributed by atoms with Crippen LogP contribution in [0.3, 0.4) is 0 Å². The third-order valence-corrected chi connectivity index (χ3v) is 2.19. The van der Waals surface area contributed by atoms with Gasteiger partial charge in [0.2, 0.25) is 5.91 Å². The number of rotatable bonds is 3. The van der Waals surface area contributed by atoms with Gasteiger partial charge in [0.05, 0.1) is 6.42 Å². The van der Waals surface area contributed by atoms with Gasteiger partial charge in [-0.3, -0.25) is 4.79 Å². The van der Waals surface area contributed by atoms with Gasteiger partial charge in [-0.05, 0) is 23.8 Å². The molecule has 0 atom stereocenters. The Morgan fingerprint density at radius 1 is 1.12 bits per heavy atom. The number of hydrogen-bond donors (Lipinski definition) is 1. The summed E-state index contributed by atoms with van der Waals surface area (Å²) in [5.74, 6) is -0.00852. The molecule has 1 amide bonds. The minimum Gasteiger partial charge on any atom is -0.326 e. The molecule has 2 nitrogen and oxygen atoms in total. The highest BCUT2D eigenvalue weighted by molar-refractivity contribution is 5.92. The Labute approximate surface area is 94.9 Å². The lowest BCUT2D eigenvalue weighted by molar-refractivity contribution is -0.115. The van der Waals surface area contributed by atoms with Crippen molar-refractivity contribution in [2.75, 3.05) is 5.32 Å². The normalized spacial score (nSPS) is 9.75. The molecule has 0 aliphatic carbocycles. The van der Waals surface area contributed by atoms with Crippen LogP contribution in [0.15, 0.2) is 54.6 Å². The quantitative estimate of drug-likeness (QED) is 0.829. The Kier molecular flexibility index (Phi) is 3.34. The van der Waals surface area contributed by atoms with Gasteiger partial charge < -0.3 is 5.32 Å². The summed E-state index contributed by atoms with van der Waals surface area (Å²) in [6.07, 6.45) is 0.381. The molecule has 2 heteroatoms. The lowest BCUT2D eigenvalue weighted by Crippen LogP contribution is -2.14. The van der Waals surface area contributed by atoms with Crippen molar-refractivity contribution >= 4 is 11.6 Å². The molecule has 0 fully saturated rings. The molecule has 1 N–H and O–H groups in total. The summed E-state index contributed by atoms with van der Waals surface area (Å²) in [5, 5.41) is 2.84. The zero-order chi connectivity index (χ0) is 11.2. The average Bonchev–Trinajstić information content (AvgIpc) is 2.31. The molecule has 0 bridgehead atoms. The highest BCUT2D eigenvalue weighted by atomic mass is 16.1. The number of carbonyl (C=O) groups is 1. The number of para-hydroxylation sites is 1. The van der Waals surface area contributed by atoms with Gasteiger partial charge >= 0.3 is 0 Å². The average molecular weight is 210 g/mol. The second-order valence-corrected chi connectivity index (χ2v) is 3.50. The molecule has 1 radical (unpaired) electrons. The first-order valence-electron chi connectivity index (χ1n) is 5.14. The SMILES string of the molecule is O=C(Cc1c[c]ccc1)Nc1ccccc1. The second-order valence-electron chi connectivity index (χ2n) is 3.50. The van der Waals surface area contributed by atoms with Crippen molar-refractivity contribution in [2.24, 2.45) is 0 Å². The van der Waals surface area contributed by atoms with Crippen LogP contribution in [0, 0.1) is 6.07 Å². The van der Waals surface area contributed by atoms with Crippen molar-refractivity contribution in [1.82, 2.24) is 0 Å². The predicted molar refractivity (Wildman–Crippen MR) is 64.1 cm³/mol. The lowest BCUT2D eigenvalue weighted by Gasteiger charge is -2.04. The Morgan fingerprint density at radius 3 is 2.62 bits per heavy atom. The van der Waals surface area contributed by atoms with E-state index in [4.69, 9.17) is 0 Å². The van der Waals surface area contributed by atoms with E-state index in [1.807, 2.05) is 54.6 Å². The summed E-state index contributed by atoms with van der Waals surface area (Å²) in [5.41, 5.74) is 1.79. The molecular weight excluding hydrogens is 198 g/mol. The van der Waals surface area contributed by atoms with E-state index >= 15 is 0 Å². The van der Waals surface area contributed by atoms with E-state index in [1.54, 1.807) is 0 Å². The monoisotopic (exact) mass is 210 g/mol. The minimum atomic E-state index is -0.00852. The summed E-state index contributed by atoms with van der Waals surface area (Å²) in [6.45, 7) is 0. The molecule has 0 aromatic heterocycles. The van der Waals surface area contributed by atoms with Gasteiger partial charge in [0.15, 0.2) is 0 Å². The maximum Gasteiger partial charge on any atom is 0.228 e. The Morgan fingerprint density at radius 2 is 1.94 bits per heavy atom. The zero-order valence-electron chi connectivity index (χ0n) is 8.81. The van der Waals surface area contributed by atoms with Gasteiger partial charge in [0, 0.05) is 5.69 Å². The van der Waals surface area contributed by atoms with Gasteiger partial charge in [0.1, 0.15) is 0 Å². The lowest BCUT2D eigenvalue weighted by atomic mass is 10.1. The Hall–Kier alpha value is -2.09. The molecule has 2 aromatic rings. The van der Waals surface area contributed by atoms with Gasteiger partial charge in [-0.1, -0.05) is 42.5 Å². The first kappa shape index (κ1) is 10.4. The van der Waals surface area contributed by atoms with E-state index in [0.717, 1.165) is 11.3 Å². The molecular formula is C14H12NO. The number of anilines is 1. The Bertz CT molecular complexity index is 407. The molecule has 0 aliphatic rings. The van der Waals surface area contributed by atoms with Crippen LogP contribution < -0.4 is 5.32 Å². The molecule has 0 heterocycles. The van der Waals surface area contributed by atoms with Crippen molar-refractivity contribution in [1.29, 1.82) is 0 Å². The first-order chi connectivity index (χ1) is 7.84. The van der Waals surface area contributed by atoms with E-state index in [-0.39, 0.29) is 5.91 Å². The van der Waals surface area contributed by atoms with E-state index in [2.05, 4.69) is 11.4 Å². The molecule has 0 saturated heterocycles. The fraction of sp³-hybridized carbons (Fsp3) is 0.0714. The van der Waals surface area contributed by atoms with Crippen LogP contribution in [0.2, 0.25) is 0 Å². The van der Waals surface area contributed by atoms with Crippen LogP contribution in [0.25, 0.3) is 0 Å². The summed E-state index contributed by atoms with van der Waals surface area (Å²) < 4.78 is 0. The van der Waals surface area contributed by atoms with Crippen molar-refractivity contribution in [3.05, 3.63) is 66.2 Å². The summed E-state index contributed by atoms with van der Waals surface area (Å²) >= 11 is 0. The maximum absolute atomic E-state index is 11.7. The highest BCUT2D eigenvalue weighted by Crippen LogP contribution is 2.06. The fourth-order valence-electron chi connectivity index (χ4n) is 1.45. The van der Waals surface area contributed by atoms with Crippen molar-refractivity contribution in [2.45, 2.75) is 6.42 Å². The minimum absolute atomic E-state index is 0.00852. The predicted octanol–water partition coefficient (Wildman–Crippen LogP) is 2.67. The number of carbonyl (C=O) groups excluding carboxylic acids is 1. The van der Waals surface area contributed by atoms with Crippen LogP contribution in [0.4, 0.5) is 5.69 Å². The smallest absolute Gasteiger partial charge is 0.228 e. The van der Waals surface area contributed by atoms with Crippen molar-refractivity contribution < 1.29 is 4.79 Å². The molecule has 16 heavy (non-hydrogen) atoms. The Balaban J connectivity index is 1.95. The summed E-state index contributed by atoms with van der Waals surface area (Å²) in [7, 11) is 0. The molecule has 2 aromatic carbocycles. The molecule has 0 spiro atoms. The summed E-state index contributed by atoms with van der Waals surface area (Å²) in [4.78, 5) is 11.7. The number of hydrogen-bond acceptors (Lipinski definition) is 1. The van der Waals surface area contributed by atoms with E-state index < -0.39 is 0 Å². The largest absolute Gasteiger partial charge is 0.326 e. The maximum atomic E-state index is 11.7. The van der Waals surface area contributed by atoms with Gasteiger partial charge in [0.25, 0.3) is 0 Å². The number of nitrogens with one attached hydrogen (secondary N) is 1. The van der Waals surface area contributed by atoms with Gasteiger partial charge in [-0.2, -0.15) is 0 Å². The standard InChI is InChI=1S/C14H12NO/c16-14(11-12-7-3-1-4-8-12)15-13-9-5-2-6-10-13/h1-3,5-10H,11H2,(H,15,16). The zero-order valence-corrected chi connectivity index (χ0v) is 8.81. The van der Waals surface area contributed by atoms with Crippen molar-refractivity contribution in [3.63, 3.8) is 0 Å². The van der Waals surface area contributed by atoms with Gasteiger partial charge in [-0.25, -0.2) is 0 Å². The highest BCUT2D eigenvalue weighted by Gasteiger charge is 2.02. The number of benzene rings is 2. The van der Waals surface area contributed by atoms with E-state index in [0.29, 0.717) is 6.42 Å². The third kappa shape index (κ3) is 2.95. The first-order valence-corrected chi connectivity index (χ1v) is 5.14. The molecule has 0 unspecified atom stereocenters. The van der Waals surface area contributed by atoms with Crippen LogP contribution in [-0.4, -0.2) is 5.91 Å². The number of amides is 1. The third-order valence-electron chi connectivity index (χ3n) is 2.19.